The lowest BCUT2D eigenvalue weighted by Gasteiger charge is -2.31. The summed E-state index contributed by atoms with van der Waals surface area (Å²) in [5, 5.41) is 9.48. The molecular weight excluding hydrogens is 228 g/mol. The van der Waals surface area contributed by atoms with Crippen LogP contribution in [0, 0.1) is 0 Å². The summed E-state index contributed by atoms with van der Waals surface area (Å²) >= 11 is 0. The number of carboxylic acids is 1. The average Bonchev–Trinajstić information content (AvgIpc) is 2.73. The minimum Gasteiger partial charge on any atom is -0.480 e. The molecule has 0 aliphatic carbocycles. The predicted molar refractivity (Wildman–Crippen MR) is 69.4 cm³/mol. The molecule has 0 amide bonds. The molecule has 1 fully saturated rings. The van der Waals surface area contributed by atoms with Crippen LogP contribution in [-0.4, -0.2) is 40.1 Å². The van der Waals surface area contributed by atoms with Crippen LogP contribution in [0.25, 0.3) is 0 Å². The molecule has 1 saturated heterocycles. The molecule has 0 saturated carbocycles. The number of likely N-dealkylation sites (tertiary alicyclic amines) is 1. The number of aryl methyl sites for hydroxylation is 1. The summed E-state index contributed by atoms with van der Waals surface area (Å²) in [6, 6.07) is 3.96. The van der Waals surface area contributed by atoms with Gasteiger partial charge in [-0.1, -0.05) is 6.07 Å². The highest BCUT2D eigenvalue weighted by Crippen LogP contribution is 2.32. The second kappa shape index (κ2) is 5.48. The van der Waals surface area contributed by atoms with Crippen molar-refractivity contribution in [1.82, 2.24) is 9.88 Å². The van der Waals surface area contributed by atoms with Gasteiger partial charge in [-0.15, -0.1) is 0 Å². The van der Waals surface area contributed by atoms with Gasteiger partial charge in [0.2, 0.25) is 0 Å². The summed E-state index contributed by atoms with van der Waals surface area (Å²) in [6.07, 6.45) is 7.87. The fraction of sp³-hybridized carbons (Fsp3) is 0.571. The Bertz CT molecular complexity index is 408. The number of pyridine rings is 1. The zero-order valence-electron chi connectivity index (χ0n) is 10.8. The van der Waals surface area contributed by atoms with Crippen LogP contribution in [0.15, 0.2) is 24.5 Å². The number of hydrogen-bond donors (Lipinski definition) is 1. The summed E-state index contributed by atoms with van der Waals surface area (Å²) in [7, 11) is 1.92. The number of carboxylic acid groups (broad SMARTS) is 1. The van der Waals surface area contributed by atoms with E-state index in [1.807, 2.05) is 30.3 Å². The largest absolute Gasteiger partial charge is 0.480 e. The van der Waals surface area contributed by atoms with Gasteiger partial charge in [0, 0.05) is 12.4 Å². The van der Waals surface area contributed by atoms with Crippen LogP contribution < -0.4 is 0 Å². The minimum atomic E-state index is -0.673. The maximum Gasteiger partial charge on any atom is 0.324 e. The van der Waals surface area contributed by atoms with E-state index in [-0.39, 0.29) is 0 Å². The standard InChI is InChI=1S/C14H20N2O2/c1-16-10-4-8-14(16,13(17)18)7-2-5-12-6-3-9-15-11-12/h3,6,9,11H,2,4-5,7-8,10H2,1H3,(H,17,18). The zero-order chi connectivity index (χ0) is 13.0. The Kier molecular flexibility index (Phi) is 3.97. The molecule has 1 aromatic rings. The zero-order valence-corrected chi connectivity index (χ0v) is 10.8. The highest BCUT2D eigenvalue weighted by Gasteiger charge is 2.44. The monoisotopic (exact) mass is 248 g/mol. The predicted octanol–water partition coefficient (Wildman–Crippen LogP) is 1.95. The topological polar surface area (TPSA) is 53.4 Å². The van der Waals surface area contributed by atoms with E-state index < -0.39 is 11.5 Å². The quantitative estimate of drug-likeness (QED) is 0.865. The fourth-order valence-corrected chi connectivity index (χ4v) is 2.84. The molecule has 1 aromatic heterocycles. The highest BCUT2D eigenvalue weighted by atomic mass is 16.4. The molecule has 4 nitrogen and oxygen atoms in total. The summed E-state index contributed by atoms with van der Waals surface area (Å²) < 4.78 is 0. The summed E-state index contributed by atoms with van der Waals surface area (Å²) in [5.41, 5.74) is 0.543. The SMILES string of the molecule is CN1CCCC1(CCCc1cccnc1)C(=O)O. The van der Waals surface area contributed by atoms with Crippen molar-refractivity contribution >= 4 is 5.97 Å². The fourth-order valence-electron chi connectivity index (χ4n) is 2.84. The molecule has 1 atom stereocenters. The van der Waals surface area contributed by atoms with Gasteiger partial charge in [-0.2, -0.15) is 0 Å². The second-order valence-electron chi connectivity index (χ2n) is 5.08. The van der Waals surface area contributed by atoms with Crippen LogP contribution in [0.2, 0.25) is 0 Å². The van der Waals surface area contributed by atoms with E-state index in [0.717, 1.165) is 32.2 Å². The van der Waals surface area contributed by atoms with Crippen LogP contribution in [0.3, 0.4) is 0 Å². The van der Waals surface area contributed by atoms with Crippen LogP contribution in [0.5, 0.6) is 0 Å². The summed E-state index contributed by atoms with van der Waals surface area (Å²) in [6.45, 7) is 0.888. The lowest BCUT2D eigenvalue weighted by atomic mass is 9.89. The molecule has 0 aromatic carbocycles. The first kappa shape index (κ1) is 13.0. The maximum atomic E-state index is 11.5. The number of aromatic nitrogens is 1. The molecule has 2 rings (SSSR count). The van der Waals surface area contributed by atoms with Gasteiger partial charge in [-0.05, 0) is 57.3 Å². The molecule has 1 aliphatic heterocycles. The Morgan fingerprint density at radius 1 is 1.61 bits per heavy atom. The van der Waals surface area contributed by atoms with E-state index >= 15 is 0 Å². The van der Waals surface area contributed by atoms with Crippen LogP contribution in [-0.2, 0) is 11.2 Å². The van der Waals surface area contributed by atoms with E-state index in [9.17, 15) is 9.90 Å². The Balaban J connectivity index is 1.93. The first-order valence-electron chi connectivity index (χ1n) is 6.49. The van der Waals surface area contributed by atoms with E-state index in [1.54, 1.807) is 6.20 Å². The van der Waals surface area contributed by atoms with Gasteiger partial charge in [0.25, 0.3) is 0 Å². The normalized spacial score (nSPS) is 24.3. The smallest absolute Gasteiger partial charge is 0.324 e. The van der Waals surface area contributed by atoms with E-state index in [2.05, 4.69) is 4.98 Å². The molecule has 0 bridgehead atoms. The van der Waals surface area contributed by atoms with Gasteiger partial charge in [0.15, 0.2) is 0 Å². The molecule has 0 spiro atoms. The van der Waals surface area contributed by atoms with Crippen LogP contribution >= 0.6 is 0 Å². The first-order chi connectivity index (χ1) is 8.65. The van der Waals surface area contributed by atoms with E-state index in [4.69, 9.17) is 0 Å². The van der Waals surface area contributed by atoms with Crippen molar-refractivity contribution in [3.8, 4) is 0 Å². The molecule has 2 heterocycles. The number of rotatable bonds is 5. The van der Waals surface area contributed by atoms with Crippen LogP contribution in [0.4, 0.5) is 0 Å². The third kappa shape index (κ3) is 2.53. The molecular formula is C14H20N2O2. The second-order valence-corrected chi connectivity index (χ2v) is 5.08. The minimum absolute atomic E-state index is 0.637. The van der Waals surface area contributed by atoms with Crippen molar-refractivity contribution in [3.63, 3.8) is 0 Å². The molecule has 1 unspecified atom stereocenters. The molecule has 1 aliphatic rings. The molecule has 98 valence electrons. The van der Waals surface area contributed by atoms with Crippen molar-refractivity contribution in [2.75, 3.05) is 13.6 Å². The Hall–Kier alpha value is -1.42. The Labute approximate surface area is 108 Å². The van der Waals surface area contributed by atoms with Gasteiger partial charge >= 0.3 is 5.97 Å². The average molecular weight is 248 g/mol. The molecule has 18 heavy (non-hydrogen) atoms. The van der Waals surface area contributed by atoms with Gasteiger partial charge in [-0.25, -0.2) is 0 Å². The third-order valence-electron chi connectivity index (χ3n) is 3.99. The van der Waals surface area contributed by atoms with Crippen molar-refractivity contribution in [2.24, 2.45) is 0 Å². The van der Waals surface area contributed by atoms with Crippen molar-refractivity contribution < 1.29 is 9.90 Å². The Morgan fingerprint density at radius 3 is 3.00 bits per heavy atom. The van der Waals surface area contributed by atoms with E-state index in [0.29, 0.717) is 6.42 Å². The number of hydrogen-bond acceptors (Lipinski definition) is 3. The van der Waals surface area contributed by atoms with Crippen molar-refractivity contribution in [3.05, 3.63) is 30.1 Å². The summed E-state index contributed by atoms with van der Waals surface area (Å²) in [4.78, 5) is 17.6. The van der Waals surface area contributed by atoms with Gasteiger partial charge in [0.05, 0.1) is 0 Å². The number of carbonyl (C=O) groups is 1. The van der Waals surface area contributed by atoms with Crippen molar-refractivity contribution in [1.29, 1.82) is 0 Å². The summed E-state index contributed by atoms with van der Waals surface area (Å²) in [5.74, 6) is -0.673. The van der Waals surface area contributed by atoms with Crippen molar-refractivity contribution in [2.45, 2.75) is 37.6 Å². The molecule has 1 N–H and O–H groups in total. The first-order valence-corrected chi connectivity index (χ1v) is 6.49. The highest BCUT2D eigenvalue weighted by molar-refractivity contribution is 5.79. The lowest BCUT2D eigenvalue weighted by Crippen LogP contribution is -2.48. The number of aliphatic carboxylic acids is 1. The molecule has 0 radical (unpaired) electrons. The van der Waals surface area contributed by atoms with E-state index in [1.165, 1.54) is 5.56 Å². The number of likely N-dealkylation sites (N-methyl/N-ethyl adjacent to an activating group) is 1. The van der Waals surface area contributed by atoms with Gasteiger partial charge in [0.1, 0.15) is 5.54 Å². The third-order valence-corrected chi connectivity index (χ3v) is 3.99. The van der Waals surface area contributed by atoms with Gasteiger partial charge in [-0.3, -0.25) is 14.7 Å². The maximum absolute atomic E-state index is 11.5. The lowest BCUT2D eigenvalue weighted by molar-refractivity contribution is -0.149. The van der Waals surface area contributed by atoms with Crippen LogP contribution in [0.1, 0.15) is 31.2 Å². The number of nitrogens with zero attached hydrogens (tertiary/aromatic N) is 2. The Morgan fingerprint density at radius 2 is 2.44 bits per heavy atom. The molecule has 4 heteroatoms. The van der Waals surface area contributed by atoms with Gasteiger partial charge < -0.3 is 5.11 Å².